The fourth-order valence-electron chi connectivity index (χ4n) is 3.88. The minimum atomic E-state index is 0.00719. The number of amides is 2. The molecular formula is C23H26N4O2. The molecule has 29 heavy (non-hydrogen) atoms. The van der Waals surface area contributed by atoms with Crippen LogP contribution in [0.4, 0.5) is 0 Å². The molecule has 1 fully saturated rings. The van der Waals surface area contributed by atoms with Crippen molar-refractivity contribution in [2.45, 2.75) is 6.54 Å². The number of nitrogens with zero attached hydrogens (tertiary/aromatic N) is 3. The highest BCUT2D eigenvalue weighted by atomic mass is 16.2. The van der Waals surface area contributed by atoms with Gasteiger partial charge in [-0.25, -0.2) is 0 Å². The van der Waals surface area contributed by atoms with Gasteiger partial charge in [-0.15, -0.1) is 0 Å². The van der Waals surface area contributed by atoms with Gasteiger partial charge >= 0.3 is 0 Å². The number of carbonyl (C=O) groups is 2. The molecule has 1 aromatic heterocycles. The van der Waals surface area contributed by atoms with Gasteiger partial charge in [0.05, 0.1) is 6.54 Å². The Morgan fingerprint density at radius 3 is 2.34 bits per heavy atom. The lowest BCUT2D eigenvalue weighted by Crippen LogP contribution is -2.51. The molecule has 6 nitrogen and oxygen atoms in total. The third kappa shape index (κ3) is 4.17. The van der Waals surface area contributed by atoms with E-state index in [4.69, 9.17) is 0 Å². The number of aromatic nitrogens is 1. The van der Waals surface area contributed by atoms with Crippen LogP contribution in [0.3, 0.4) is 0 Å². The summed E-state index contributed by atoms with van der Waals surface area (Å²) < 4.78 is 2.11. The molecule has 4 rings (SSSR count). The number of rotatable bonds is 5. The quantitative estimate of drug-likeness (QED) is 0.727. The summed E-state index contributed by atoms with van der Waals surface area (Å²) in [6, 6.07) is 20.3. The average molecular weight is 390 g/mol. The van der Waals surface area contributed by atoms with Crippen LogP contribution in [-0.4, -0.2) is 66.0 Å². The van der Waals surface area contributed by atoms with E-state index in [0.29, 0.717) is 39.3 Å². The van der Waals surface area contributed by atoms with Crippen molar-refractivity contribution in [3.63, 3.8) is 0 Å². The van der Waals surface area contributed by atoms with Gasteiger partial charge in [-0.3, -0.25) is 14.5 Å². The molecule has 2 amide bonds. The highest BCUT2D eigenvalue weighted by Crippen LogP contribution is 2.23. The number of benzene rings is 2. The van der Waals surface area contributed by atoms with Crippen molar-refractivity contribution >= 4 is 22.7 Å². The van der Waals surface area contributed by atoms with Gasteiger partial charge in [0.1, 0.15) is 5.69 Å². The van der Waals surface area contributed by atoms with Gasteiger partial charge in [0.2, 0.25) is 5.91 Å². The van der Waals surface area contributed by atoms with Crippen LogP contribution in [0.15, 0.2) is 60.7 Å². The van der Waals surface area contributed by atoms with Crippen molar-refractivity contribution in [3.8, 4) is 0 Å². The van der Waals surface area contributed by atoms with Gasteiger partial charge in [0.15, 0.2) is 0 Å². The van der Waals surface area contributed by atoms with Crippen molar-refractivity contribution in [2.75, 3.05) is 39.8 Å². The average Bonchev–Trinajstić information content (AvgIpc) is 3.13. The SMILES string of the molecule is CNC(=O)CN1CCN(C(=O)c2cc3ccccc3n2Cc2ccccc2)CC1. The maximum atomic E-state index is 13.4. The summed E-state index contributed by atoms with van der Waals surface area (Å²) in [4.78, 5) is 29.0. The predicted octanol–water partition coefficient (Wildman–Crippen LogP) is 2.19. The highest BCUT2D eigenvalue weighted by molar-refractivity contribution is 5.99. The monoisotopic (exact) mass is 390 g/mol. The van der Waals surface area contributed by atoms with E-state index in [1.54, 1.807) is 7.05 Å². The summed E-state index contributed by atoms with van der Waals surface area (Å²) in [5.74, 6) is 0.0597. The Bertz CT molecular complexity index is 1000. The largest absolute Gasteiger partial charge is 0.358 e. The maximum absolute atomic E-state index is 13.4. The Hall–Kier alpha value is -3.12. The van der Waals surface area contributed by atoms with Crippen LogP contribution in [-0.2, 0) is 11.3 Å². The van der Waals surface area contributed by atoms with Gasteiger partial charge in [-0.2, -0.15) is 0 Å². The van der Waals surface area contributed by atoms with E-state index in [2.05, 4.69) is 39.0 Å². The lowest BCUT2D eigenvalue weighted by molar-refractivity contribution is -0.122. The van der Waals surface area contributed by atoms with E-state index < -0.39 is 0 Å². The maximum Gasteiger partial charge on any atom is 0.270 e. The van der Waals surface area contributed by atoms with E-state index in [9.17, 15) is 9.59 Å². The molecular weight excluding hydrogens is 364 g/mol. The Labute approximate surface area is 170 Å². The standard InChI is InChI=1S/C23H26N4O2/c1-24-22(28)17-25-11-13-26(14-12-25)23(29)21-15-19-9-5-6-10-20(19)27(21)16-18-7-3-2-4-8-18/h2-10,15H,11-14,16-17H2,1H3,(H,24,28). The number of carbonyl (C=O) groups excluding carboxylic acids is 2. The second-order valence-corrected chi connectivity index (χ2v) is 7.40. The second kappa shape index (κ2) is 8.49. The third-order valence-electron chi connectivity index (χ3n) is 5.52. The number of fused-ring (bicyclic) bond motifs is 1. The summed E-state index contributed by atoms with van der Waals surface area (Å²) in [6.45, 7) is 3.71. The molecule has 0 bridgehead atoms. The minimum Gasteiger partial charge on any atom is -0.358 e. The number of piperazine rings is 1. The van der Waals surface area contributed by atoms with Gasteiger partial charge in [0, 0.05) is 50.7 Å². The van der Waals surface area contributed by atoms with Crippen molar-refractivity contribution < 1.29 is 9.59 Å². The summed E-state index contributed by atoms with van der Waals surface area (Å²) in [7, 11) is 1.65. The van der Waals surface area contributed by atoms with E-state index >= 15 is 0 Å². The normalized spacial score (nSPS) is 14.9. The smallest absolute Gasteiger partial charge is 0.270 e. The Morgan fingerprint density at radius 2 is 1.62 bits per heavy atom. The first-order chi connectivity index (χ1) is 14.2. The van der Waals surface area contributed by atoms with E-state index in [1.165, 1.54) is 5.56 Å². The molecule has 3 aromatic rings. The first-order valence-electron chi connectivity index (χ1n) is 10.00. The van der Waals surface area contributed by atoms with Crippen LogP contribution in [0.1, 0.15) is 16.1 Å². The number of hydrogen-bond donors (Lipinski definition) is 1. The molecule has 2 aromatic carbocycles. The molecule has 1 saturated heterocycles. The molecule has 1 aliphatic rings. The summed E-state index contributed by atoms with van der Waals surface area (Å²) >= 11 is 0. The molecule has 1 aliphatic heterocycles. The van der Waals surface area contributed by atoms with Gasteiger partial charge in [-0.05, 0) is 17.7 Å². The molecule has 0 aliphatic carbocycles. The Kier molecular flexibility index (Phi) is 5.62. The lowest BCUT2D eigenvalue weighted by atomic mass is 10.2. The second-order valence-electron chi connectivity index (χ2n) is 7.40. The molecule has 0 radical (unpaired) electrons. The molecule has 150 valence electrons. The first-order valence-corrected chi connectivity index (χ1v) is 10.00. The molecule has 0 saturated carbocycles. The predicted molar refractivity (Wildman–Crippen MR) is 114 cm³/mol. The van der Waals surface area contributed by atoms with Gasteiger partial charge in [0.25, 0.3) is 5.91 Å². The van der Waals surface area contributed by atoms with Crippen molar-refractivity contribution in [3.05, 3.63) is 71.9 Å². The fraction of sp³-hybridized carbons (Fsp3) is 0.304. The Morgan fingerprint density at radius 1 is 0.931 bits per heavy atom. The number of hydrogen-bond acceptors (Lipinski definition) is 3. The zero-order valence-corrected chi connectivity index (χ0v) is 16.7. The van der Waals surface area contributed by atoms with Crippen LogP contribution in [0.2, 0.25) is 0 Å². The molecule has 0 unspecified atom stereocenters. The summed E-state index contributed by atoms with van der Waals surface area (Å²) in [6.07, 6.45) is 0. The van der Waals surface area contributed by atoms with Crippen LogP contribution >= 0.6 is 0 Å². The molecule has 1 N–H and O–H groups in total. The molecule has 2 heterocycles. The summed E-state index contributed by atoms with van der Waals surface area (Å²) in [5.41, 5.74) is 2.95. The topological polar surface area (TPSA) is 57.6 Å². The van der Waals surface area contributed by atoms with Crippen LogP contribution in [0.25, 0.3) is 10.9 Å². The first kappa shape index (κ1) is 19.2. The summed E-state index contributed by atoms with van der Waals surface area (Å²) in [5, 5.41) is 3.73. The van der Waals surface area contributed by atoms with Gasteiger partial charge < -0.3 is 14.8 Å². The van der Waals surface area contributed by atoms with Crippen molar-refractivity contribution in [1.29, 1.82) is 0 Å². The lowest BCUT2D eigenvalue weighted by Gasteiger charge is -2.34. The molecule has 0 atom stereocenters. The molecule has 0 spiro atoms. The zero-order chi connectivity index (χ0) is 20.2. The van der Waals surface area contributed by atoms with Crippen LogP contribution < -0.4 is 5.32 Å². The number of para-hydroxylation sites is 1. The van der Waals surface area contributed by atoms with Gasteiger partial charge in [-0.1, -0.05) is 48.5 Å². The molecule has 6 heteroatoms. The fourth-order valence-corrected chi connectivity index (χ4v) is 3.88. The van der Waals surface area contributed by atoms with Crippen LogP contribution in [0.5, 0.6) is 0 Å². The number of likely N-dealkylation sites (N-methyl/N-ethyl adjacent to an activating group) is 1. The number of nitrogens with one attached hydrogen (secondary N) is 1. The minimum absolute atomic E-state index is 0.00719. The van der Waals surface area contributed by atoms with Crippen molar-refractivity contribution in [1.82, 2.24) is 19.7 Å². The van der Waals surface area contributed by atoms with E-state index in [1.807, 2.05) is 41.3 Å². The van der Waals surface area contributed by atoms with E-state index in [-0.39, 0.29) is 11.8 Å². The van der Waals surface area contributed by atoms with E-state index in [0.717, 1.165) is 16.6 Å². The Balaban J connectivity index is 1.56. The van der Waals surface area contributed by atoms with Crippen molar-refractivity contribution in [2.24, 2.45) is 0 Å². The van der Waals surface area contributed by atoms with Crippen LogP contribution in [0, 0.1) is 0 Å². The highest BCUT2D eigenvalue weighted by Gasteiger charge is 2.26. The zero-order valence-electron chi connectivity index (χ0n) is 16.7. The third-order valence-corrected chi connectivity index (χ3v) is 5.52.